The first kappa shape index (κ1) is 28.4. The third-order valence-corrected chi connectivity index (χ3v) is 9.04. The average Bonchev–Trinajstić information content (AvgIpc) is 3.23. The third-order valence-electron chi connectivity index (χ3n) is 9.04. The first-order chi connectivity index (χ1) is 18.8. The Morgan fingerprint density at radius 3 is 2.27 bits per heavy atom. The predicted molar refractivity (Wildman–Crippen MR) is 154 cm³/mol. The van der Waals surface area contributed by atoms with E-state index < -0.39 is 11.5 Å². The van der Waals surface area contributed by atoms with Gasteiger partial charge in [-0.15, -0.1) is 0 Å². The Balaban J connectivity index is 1.20. The topological polar surface area (TPSA) is 100 Å². The molecule has 3 fully saturated rings. The number of nitrogens with zero attached hydrogens (tertiary/aromatic N) is 5. The van der Waals surface area contributed by atoms with E-state index in [0.29, 0.717) is 18.8 Å². The van der Waals surface area contributed by atoms with Crippen LogP contribution in [0.1, 0.15) is 71.9 Å². The van der Waals surface area contributed by atoms with Crippen LogP contribution in [-0.4, -0.2) is 87.9 Å². The molecule has 3 aliphatic rings. The lowest BCUT2D eigenvalue weighted by molar-refractivity contribution is -0.134. The number of piperidine rings is 2. The quantitative estimate of drug-likeness (QED) is 0.578. The van der Waals surface area contributed by atoms with Crippen LogP contribution in [0.3, 0.4) is 0 Å². The number of carbonyl (C=O) groups excluding carboxylic acids is 3. The SMILES string of the molecule is Cn1nc(C2CCC(=O)NC2=O)c2ccc(N3CCN(C(C)(C)C4CCN(C(=O)OC(C)(C)C)CC4)CC3)cc21. The summed E-state index contributed by atoms with van der Waals surface area (Å²) in [5.74, 6) is -0.338. The maximum absolute atomic E-state index is 12.5. The number of amides is 3. The maximum atomic E-state index is 12.5. The van der Waals surface area contributed by atoms with Crippen molar-refractivity contribution in [1.82, 2.24) is 24.9 Å². The van der Waals surface area contributed by atoms with Crippen LogP contribution in [0.2, 0.25) is 0 Å². The first-order valence-corrected chi connectivity index (χ1v) is 14.6. The van der Waals surface area contributed by atoms with Crippen LogP contribution in [0.25, 0.3) is 10.9 Å². The van der Waals surface area contributed by atoms with Gasteiger partial charge in [-0.1, -0.05) is 0 Å². The van der Waals surface area contributed by atoms with Gasteiger partial charge in [0.15, 0.2) is 0 Å². The molecule has 0 radical (unpaired) electrons. The molecule has 3 saturated heterocycles. The second kappa shape index (κ2) is 10.7. The molecule has 0 spiro atoms. The van der Waals surface area contributed by atoms with Gasteiger partial charge in [-0.2, -0.15) is 5.10 Å². The highest BCUT2D eigenvalue weighted by atomic mass is 16.6. The van der Waals surface area contributed by atoms with Gasteiger partial charge in [0, 0.05) is 69.3 Å². The molecule has 0 aliphatic carbocycles. The highest BCUT2D eigenvalue weighted by Gasteiger charge is 2.40. The summed E-state index contributed by atoms with van der Waals surface area (Å²) in [6.07, 6.45) is 2.61. The molecule has 5 rings (SSSR count). The summed E-state index contributed by atoms with van der Waals surface area (Å²) in [5.41, 5.74) is 2.49. The fourth-order valence-corrected chi connectivity index (χ4v) is 6.58. The monoisotopic (exact) mass is 552 g/mol. The molecule has 218 valence electrons. The Morgan fingerprint density at radius 2 is 1.65 bits per heavy atom. The molecule has 1 N–H and O–H groups in total. The lowest BCUT2D eigenvalue weighted by Crippen LogP contribution is -2.59. The van der Waals surface area contributed by atoms with Crippen molar-refractivity contribution < 1.29 is 19.1 Å². The molecule has 1 atom stereocenters. The van der Waals surface area contributed by atoms with Crippen LogP contribution in [0.15, 0.2) is 18.2 Å². The van der Waals surface area contributed by atoms with E-state index in [1.165, 1.54) is 0 Å². The fraction of sp³-hybridized carbons (Fsp3) is 0.667. The predicted octanol–water partition coefficient (Wildman–Crippen LogP) is 3.64. The Labute approximate surface area is 237 Å². The van der Waals surface area contributed by atoms with E-state index in [4.69, 9.17) is 9.84 Å². The minimum absolute atomic E-state index is 0.0506. The highest BCUT2D eigenvalue weighted by molar-refractivity contribution is 6.02. The number of nitrogens with one attached hydrogen (secondary N) is 1. The number of rotatable bonds is 4. The van der Waals surface area contributed by atoms with E-state index >= 15 is 0 Å². The average molecular weight is 553 g/mol. The van der Waals surface area contributed by atoms with Crippen LogP contribution >= 0.6 is 0 Å². The number of benzene rings is 1. The number of carbonyl (C=O) groups is 3. The van der Waals surface area contributed by atoms with E-state index in [1.54, 1.807) is 0 Å². The Morgan fingerprint density at radius 1 is 0.975 bits per heavy atom. The molecule has 10 nitrogen and oxygen atoms in total. The van der Waals surface area contributed by atoms with Crippen molar-refractivity contribution in [3.05, 3.63) is 23.9 Å². The van der Waals surface area contributed by atoms with Gasteiger partial charge in [0.05, 0.1) is 17.1 Å². The molecule has 3 aliphatic heterocycles. The van der Waals surface area contributed by atoms with E-state index in [9.17, 15) is 14.4 Å². The molecule has 1 aromatic heterocycles. The number of piperazine rings is 1. The Hall–Kier alpha value is -3.14. The standard InChI is InChI=1S/C30H44N6O4/c1-29(2,3)40-28(39)35-13-11-20(12-14-35)30(4,5)36-17-15-34(16-18-36)21-7-8-22-24(19-21)33(6)32-26(22)23-9-10-25(37)31-27(23)38/h7-8,19-20,23H,9-18H2,1-6H3,(H,31,37,38). The van der Waals surface area contributed by atoms with Crippen molar-refractivity contribution >= 4 is 34.5 Å². The molecule has 0 bridgehead atoms. The van der Waals surface area contributed by atoms with E-state index in [2.05, 4.69) is 47.2 Å². The molecular formula is C30H44N6O4. The van der Waals surface area contributed by atoms with Gasteiger partial charge in [0.2, 0.25) is 11.8 Å². The molecule has 4 heterocycles. The Kier molecular flexibility index (Phi) is 7.58. The van der Waals surface area contributed by atoms with Gasteiger partial charge in [0.25, 0.3) is 0 Å². The van der Waals surface area contributed by atoms with Crippen molar-refractivity contribution in [2.75, 3.05) is 44.2 Å². The summed E-state index contributed by atoms with van der Waals surface area (Å²) in [6, 6.07) is 6.38. The van der Waals surface area contributed by atoms with Crippen LogP contribution in [0, 0.1) is 5.92 Å². The van der Waals surface area contributed by atoms with Gasteiger partial charge in [-0.25, -0.2) is 4.79 Å². The van der Waals surface area contributed by atoms with Crippen LogP contribution < -0.4 is 10.2 Å². The fourth-order valence-electron chi connectivity index (χ4n) is 6.58. The molecule has 2 aromatic rings. The summed E-state index contributed by atoms with van der Waals surface area (Å²) in [4.78, 5) is 43.5. The smallest absolute Gasteiger partial charge is 0.410 e. The van der Waals surface area contributed by atoms with E-state index in [0.717, 1.165) is 74.4 Å². The number of anilines is 1. The lowest BCUT2D eigenvalue weighted by atomic mass is 9.78. The minimum Gasteiger partial charge on any atom is -0.444 e. The van der Waals surface area contributed by atoms with Crippen molar-refractivity contribution in [2.45, 2.75) is 77.4 Å². The summed E-state index contributed by atoms with van der Waals surface area (Å²) in [6.45, 7) is 15.8. The summed E-state index contributed by atoms with van der Waals surface area (Å²) >= 11 is 0. The number of likely N-dealkylation sites (tertiary alicyclic amines) is 1. The summed E-state index contributed by atoms with van der Waals surface area (Å²) in [7, 11) is 1.91. The normalized spacial score (nSPS) is 22.1. The highest BCUT2D eigenvalue weighted by Crippen LogP contribution is 2.36. The van der Waals surface area contributed by atoms with Crippen LogP contribution in [0.5, 0.6) is 0 Å². The van der Waals surface area contributed by atoms with Crippen LogP contribution in [-0.2, 0) is 21.4 Å². The number of hydrogen-bond acceptors (Lipinski definition) is 7. The molecule has 40 heavy (non-hydrogen) atoms. The van der Waals surface area contributed by atoms with Gasteiger partial charge >= 0.3 is 6.09 Å². The zero-order valence-corrected chi connectivity index (χ0v) is 24.8. The molecule has 1 unspecified atom stereocenters. The zero-order valence-electron chi connectivity index (χ0n) is 24.8. The molecule has 0 saturated carbocycles. The van der Waals surface area contributed by atoms with Gasteiger partial charge in [0.1, 0.15) is 5.60 Å². The van der Waals surface area contributed by atoms with Gasteiger partial charge < -0.3 is 14.5 Å². The maximum Gasteiger partial charge on any atom is 0.410 e. The van der Waals surface area contributed by atoms with E-state index in [-0.39, 0.29) is 23.4 Å². The first-order valence-electron chi connectivity index (χ1n) is 14.6. The molecule has 10 heteroatoms. The van der Waals surface area contributed by atoms with Crippen molar-refractivity contribution in [3.8, 4) is 0 Å². The van der Waals surface area contributed by atoms with Crippen LogP contribution in [0.4, 0.5) is 10.5 Å². The van der Waals surface area contributed by atoms with Gasteiger partial charge in [-0.05, 0) is 78.0 Å². The third kappa shape index (κ3) is 5.68. The number of aromatic nitrogens is 2. The zero-order chi connectivity index (χ0) is 28.8. The number of ether oxygens (including phenoxy) is 1. The number of hydrogen-bond donors (Lipinski definition) is 1. The second-order valence-corrected chi connectivity index (χ2v) is 13.1. The van der Waals surface area contributed by atoms with Crippen molar-refractivity contribution in [3.63, 3.8) is 0 Å². The largest absolute Gasteiger partial charge is 0.444 e. The van der Waals surface area contributed by atoms with Crippen molar-refractivity contribution in [1.29, 1.82) is 0 Å². The van der Waals surface area contributed by atoms with E-state index in [1.807, 2.05) is 37.4 Å². The second-order valence-electron chi connectivity index (χ2n) is 13.1. The molecule has 1 aromatic carbocycles. The minimum atomic E-state index is -0.468. The van der Waals surface area contributed by atoms with Crippen molar-refractivity contribution in [2.24, 2.45) is 13.0 Å². The Bertz CT molecular complexity index is 1280. The molecular weight excluding hydrogens is 508 g/mol. The number of aryl methyl sites for hydroxylation is 1. The number of imide groups is 1. The van der Waals surface area contributed by atoms with Gasteiger partial charge in [-0.3, -0.25) is 24.5 Å². The number of fused-ring (bicyclic) bond motifs is 1. The lowest BCUT2D eigenvalue weighted by Gasteiger charge is -2.50. The molecule has 3 amide bonds. The summed E-state index contributed by atoms with van der Waals surface area (Å²) in [5, 5.41) is 8.12. The summed E-state index contributed by atoms with van der Waals surface area (Å²) < 4.78 is 7.43.